The molecule has 3 aromatic rings. The molecule has 0 bridgehead atoms. The molecule has 2 aromatic carbocycles. The molecule has 170 valence electrons. The lowest BCUT2D eigenvalue weighted by atomic mass is 9.98. The number of halogens is 1. The van der Waals surface area contributed by atoms with Crippen LogP contribution in [0.3, 0.4) is 0 Å². The predicted molar refractivity (Wildman–Crippen MR) is 124 cm³/mol. The number of unbranched alkanes of at least 4 members (excludes halogenated alkanes) is 1. The van der Waals surface area contributed by atoms with E-state index < -0.39 is 10.0 Å². The van der Waals surface area contributed by atoms with Gasteiger partial charge < -0.3 is 14.6 Å². The van der Waals surface area contributed by atoms with Crippen molar-refractivity contribution in [3.8, 4) is 34.0 Å². The van der Waals surface area contributed by atoms with Crippen molar-refractivity contribution in [3.05, 3.63) is 59.1 Å². The second-order valence-electron chi connectivity index (χ2n) is 7.12. The summed E-state index contributed by atoms with van der Waals surface area (Å²) in [5, 5.41) is 15.7. The van der Waals surface area contributed by atoms with Gasteiger partial charge in [-0.3, -0.25) is 0 Å². The van der Waals surface area contributed by atoms with Crippen LogP contribution in [0.1, 0.15) is 25.3 Å². The van der Waals surface area contributed by atoms with Gasteiger partial charge in [-0.05, 0) is 53.9 Å². The number of primary sulfonamides is 1. The standard InChI is InChI=1S/C23H25ClN2O5S/c1-3-4-11-31-23-19(14-27)18(15-5-8-17(9-6-15)32(25,28)29)13-21(26-23)16-7-10-22(30-2)20(24)12-16/h5-10,12-13,27H,3-4,11,14H2,1-2H3,(H2,25,28,29). The number of hydrogen-bond acceptors (Lipinski definition) is 6. The van der Waals surface area contributed by atoms with Crippen molar-refractivity contribution in [2.45, 2.75) is 31.3 Å². The van der Waals surface area contributed by atoms with Gasteiger partial charge in [0.1, 0.15) is 5.75 Å². The summed E-state index contributed by atoms with van der Waals surface area (Å²) < 4.78 is 34.4. The molecule has 0 saturated heterocycles. The molecule has 7 nitrogen and oxygen atoms in total. The Kier molecular flexibility index (Phi) is 7.73. The molecule has 1 heterocycles. The lowest BCUT2D eigenvalue weighted by Crippen LogP contribution is -2.11. The van der Waals surface area contributed by atoms with E-state index in [2.05, 4.69) is 11.9 Å². The highest BCUT2D eigenvalue weighted by Crippen LogP contribution is 2.36. The summed E-state index contributed by atoms with van der Waals surface area (Å²) in [6.07, 6.45) is 1.79. The molecule has 32 heavy (non-hydrogen) atoms. The van der Waals surface area contributed by atoms with Gasteiger partial charge in [0.05, 0.1) is 35.9 Å². The number of nitrogens with zero attached hydrogens (tertiary/aromatic N) is 1. The normalized spacial score (nSPS) is 11.4. The summed E-state index contributed by atoms with van der Waals surface area (Å²) in [7, 11) is -2.28. The largest absolute Gasteiger partial charge is 0.495 e. The van der Waals surface area contributed by atoms with Gasteiger partial charge in [0.2, 0.25) is 15.9 Å². The fourth-order valence-corrected chi connectivity index (χ4v) is 3.96. The minimum Gasteiger partial charge on any atom is -0.495 e. The van der Waals surface area contributed by atoms with Gasteiger partial charge in [-0.2, -0.15) is 0 Å². The van der Waals surface area contributed by atoms with Crippen molar-refractivity contribution < 1.29 is 23.0 Å². The Balaban J connectivity index is 2.16. The van der Waals surface area contributed by atoms with Crippen molar-refractivity contribution in [1.82, 2.24) is 4.98 Å². The molecule has 0 aliphatic heterocycles. The number of ether oxygens (including phenoxy) is 2. The molecule has 0 aliphatic rings. The Labute approximate surface area is 192 Å². The molecule has 0 fully saturated rings. The topological polar surface area (TPSA) is 112 Å². The Morgan fingerprint density at radius 1 is 1.09 bits per heavy atom. The van der Waals surface area contributed by atoms with E-state index in [0.717, 1.165) is 18.4 Å². The van der Waals surface area contributed by atoms with Crippen molar-refractivity contribution in [1.29, 1.82) is 0 Å². The third-order valence-corrected chi connectivity index (χ3v) is 6.15. The number of hydrogen-bond donors (Lipinski definition) is 2. The van der Waals surface area contributed by atoms with E-state index in [-0.39, 0.29) is 11.5 Å². The fourth-order valence-electron chi connectivity index (χ4n) is 3.19. The minimum absolute atomic E-state index is 0.00225. The van der Waals surface area contributed by atoms with Crippen LogP contribution < -0.4 is 14.6 Å². The van der Waals surface area contributed by atoms with Crippen LogP contribution in [0.15, 0.2) is 53.4 Å². The van der Waals surface area contributed by atoms with E-state index in [1.165, 1.54) is 19.2 Å². The molecule has 3 N–H and O–H groups in total. The maximum absolute atomic E-state index is 11.6. The molecule has 0 spiro atoms. The zero-order valence-electron chi connectivity index (χ0n) is 17.8. The SMILES string of the molecule is CCCCOc1nc(-c2ccc(OC)c(Cl)c2)cc(-c2ccc(S(N)(=O)=O)cc2)c1CO. The van der Waals surface area contributed by atoms with Crippen LogP contribution in [-0.4, -0.2) is 32.2 Å². The monoisotopic (exact) mass is 476 g/mol. The summed E-state index contributed by atoms with van der Waals surface area (Å²) in [5.41, 5.74) is 3.18. The van der Waals surface area contributed by atoms with Gasteiger partial charge in [0, 0.05) is 11.1 Å². The molecule has 0 radical (unpaired) electrons. The molecule has 0 unspecified atom stereocenters. The molecule has 1 aromatic heterocycles. The third-order valence-electron chi connectivity index (χ3n) is 4.92. The van der Waals surface area contributed by atoms with Crippen LogP contribution in [0, 0.1) is 0 Å². The van der Waals surface area contributed by atoms with Crippen LogP contribution in [0.5, 0.6) is 11.6 Å². The number of rotatable bonds is 9. The van der Waals surface area contributed by atoms with Crippen molar-refractivity contribution in [2.24, 2.45) is 5.14 Å². The van der Waals surface area contributed by atoms with Crippen molar-refractivity contribution in [3.63, 3.8) is 0 Å². The van der Waals surface area contributed by atoms with Crippen LogP contribution in [0.25, 0.3) is 22.4 Å². The lowest BCUT2D eigenvalue weighted by molar-refractivity contribution is 0.256. The number of aliphatic hydroxyl groups excluding tert-OH is 1. The first-order chi connectivity index (χ1) is 15.3. The predicted octanol–water partition coefficient (Wildman–Crippen LogP) is 4.40. The molecule has 0 saturated carbocycles. The first-order valence-electron chi connectivity index (χ1n) is 10.0. The molecule has 0 amide bonds. The molecule has 0 aliphatic carbocycles. The third kappa shape index (κ3) is 5.39. The van der Waals surface area contributed by atoms with E-state index in [1.807, 2.05) is 12.1 Å². The van der Waals surface area contributed by atoms with Crippen LogP contribution in [-0.2, 0) is 16.6 Å². The number of pyridine rings is 1. The Morgan fingerprint density at radius 2 is 1.78 bits per heavy atom. The van der Waals surface area contributed by atoms with E-state index in [9.17, 15) is 13.5 Å². The fraction of sp³-hybridized carbons (Fsp3) is 0.261. The maximum Gasteiger partial charge on any atom is 0.238 e. The maximum atomic E-state index is 11.6. The number of sulfonamides is 1. The summed E-state index contributed by atoms with van der Waals surface area (Å²) in [5.74, 6) is 0.858. The van der Waals surface area contributed by atoms with E-state index in [0.29, 0.717) is 45.6 Å². The zero-order valence-corrected chi connectivity index (χ0v) is 19.4. The van der Waals surface area contributed by atoms with Crippen LogP contribution >= 0.6 is 11.6 Å². The number of methoxy groups -OCH3 is 1. The second-order valence-corrected chi connectivity index (χ2v) is 9.09. The highest BCUT2D eigenvalue weighted by Gasteiger charge is 2.18. The number of nitrogens with two attached hydrogens (primary N) is 1. The average Bonchev–Trinajstić information content (AvgIpc) is 2.78. The number of aliphatic hydroxyl groups is 1. The quantitative estimate of drug-likeness (QED) is 0.443. The van der Waals surface area contributed by atoms with Crippen molar-refractivity contribution in [2.75, 3.05) is 13.7 Å². The van der Waals surface area contributed by atoms with Gasteiger partial charge in [0.25, 0.3) is 0 Å². The van der Waals surface area contributed by atoms with E-state index in [4.69, 9.17) is 26.2 Å². The van der Waals surface area contributed by atoms with Gasteiger partial charge in [0.15, 0.2) is 0 Å². The molecule has 3 rings (SSSR count). The lowest BCUT2D eigenvalue weighted by Gasteiger charge is -2.16. The highest BCUT2D eigenvalue weighted by molar-refractivity contribution is 7.89. The molecular weight excluding hydrogens is 452 g/mol. The molecule has 0 atom stereocenters. The smallest absolute Gasteiger partial charge is 0.238 e. The van der Waals surface area contributed by atoms with Gasteiger partial charge in [-0.15, -0.1) is 0 Å². The Hall–Kier alpha value is -2.65. The molecule has 9 heteroatoms. The summed E-state index contributed by atoms with van der Waals surface area (Å²) in [6, 6.07) is 13.2. The summed E-state index contributed by atoms with van der Waals surface area (Å²) >= 11 is 6.30. The Bertz CT molecular complexity index is 1200. The van der Waals surface area contributed by atoms with Gasteiger partial charge in [-0.25, -0.2) is 18.5 Å². The Morgan fingerprint density at radius 3 is 2.34 bits per heavy atom. The minimum atomic E-state index is -3.82. The first kappa shape index (κ1) is 24.0. The summed E-state index contributed by atoms with van der Waals surface area (Å²) in [6.45, 7) is 2.20. The van der Waals surface area contributed by atoms with Gasteiger partial charge >= 0.3 is 0 Å². The van der Waals surface area contributed by atoms with E-state index in [1.54, 1.807) is 24.3 Å². The van der Waals surface area contributed by atoms with Gasteiger partial charge in [-0.1, -0.05) is 37.1 Å². The number of benzene rings is 2. The van der Waals surface area contributed by atoms with Crippen LogP contribution in [0.2, 0.25) is 5.02 Å². The van der Waals surface area contributed by atoms with Crippen molar-refractivity contribution >= 4 is 21.6 Å². The molecular formula is C23H25ClN2O5S. The van der Waals surface area contributed by atoms with Crippen LogP contribution in [0.4, 0.5) is 0 Å². The second kappa shape index (κ2) is 10.3. The highest BCUT2D eigenvalue weighted by atomic mass is 35.5. The van der Waals surface area contributed by atoms with E-state index >= 15 is 0 Å². The summed E-state index contributed by atoms with van der Waals surface area (Å²) in [4.78, 5) is 4.63. The zero-order chi connectivity index (χ0) is 23.3. The number of aromatic nitrogens is 1. The first-order valence-corrected chi connectivity index (χ1v) is 12.0. The average molecular weight is 477 g/mol.